The zero-order valence-corrected chi connectivity index (χ0v) is 17.2. The van der Waals surface area contributed by atoms with E-state index in [0.717, 1.165) is 10.8 Å². The zero-order chi connectivity index (χ0) is 22.7. The smallest absolute Gasteiger partial charge is 0.268 e. The van der Waals surface area contributed by atoms with Crippen LogP contribution in [-0.2, 0) is 6.61 Å². The van der Waals surface area contributed by atoms with Crippen LogP contribution in [0.5, 0.6) is 11.5 Å². The highest BCUT2D eigenvalue weighted by atomic mass is 16.5. The molecule has 0 saturated heterocycles. The number of nitrogens with two attached hydrogens (primary N) is 1. The van der Waals surface area contributed by atoms with Gasteiger partial charge in [-0.15, -0.1) is 0 Å². The van der Waals surface area contributed by atoms with Gasteiger partial charge in [0.15, 0.2) is 0 Å². The van der Waals surface area contributed by atoms with Gasteiger partial charge in [0.2, 0.25) is 0 Å². The lowest BCUT2D eigenvalue weighted by atomic mass is 9.95. The quantitative estimate of drug-likeness (QED) is 0.499. The maximum absolute atomic E-state index is 12.2. The number of methoxy groups -OCH3 is 1. The molecule has 4 rings (SSSR count). The fraction of sp³-hybridized carbons (Fsp3) is 0.0800. The molecule has 0 aliphatic rings. The molecule has 4 aromatic rings. The highest BCUT2D eigenvalue weighted by molar-refractivity contribution is 5.84. The predicted octanol–water partition coefficient (Wildman–Crippen LogP) is 4.11. The molecular formula is C25H18N4O3. The molecule has 0 spiro atoms. The molecular weight excluding hydrogens is 404 g/mol. The summed E-state index contributed by atoms with van der Waals surface area (Å²) in [5.74, 6) is 1.17. The molecule has 0 unspecified atom stereocenters. The number of benzene rings is 3. The lowest BCUT2D eigenvalue weighted by Crippen LogP contribution is -2.16. The second-order valence-electron chi connectivity index (χ2n) is 7.04. The molecule has 3 aromatic carbocycles. The summed E-state index contributed by atoms with van der Waals surface area (Å²) in [6.07, 6.45) is 0. The van der Waals surface area contributed by atoms with Crippen molar-refractivity contribution >= 4 is 16.6 Å². The third-order valence-electron chi connectivity index (χ3n) is 5.15. The Morgan fingerprint density at radius 2 is 1.72 bits per heavy atom. The summed E-state index contributed by atoms with van der Waals surface area (Å²) in [5.41, 5.74) is 6.40. The monoisotopic (exact) mass is 422 g/mol. The van der Waals surface area contributed by atoms with Crippen LogP contribution in [0.2, 0.25) is 0 Å². The van der Waals surface area contributed by atoms with Gasteiger partial charge < -0.3 is 20.2 Å². The first-order chi connectivity index (χ1) is 15.5. The number of aromatic nitrogens is 1. The molecule has 156 valence electrons. The van der Waals surface area contributed by atoms with E-state index in [0.29, 0.717) is 22.6 Å². The van der Waals surface area contributed by atoms with E-state index in [9.17, 15) is 15.3 Å². The number of nitriles is 2. The Morgan fingerprint density at radius 1 is 0.969 bits per heavy atom. The van der Waals surface area contributed by atoms with Crippen molar-refractivity contribution < 1.29 is 9.47 Å². The molecule has 0 bridgehead atoms. The Balaban J connectivity index is 1.75. The molecule has 0 saturated carbocycles. The summed E-state index contributed by atoms with van der Waals surface area (Å²) >= 11 is 0. The Morgan fingerprint density at radius 3 is 2.44 bits per heavy atom. The van der Waals surface area contributed by atoms with Gasteiger partial charge in [-0.2, -0.15) is 10.5 Å². The highest BCUT2D eigenvalue weighted by Gasteiger charge is 2.19. The fourth-order valence-electron chi connectivity index (χ4n) is 3.60. The second kappa shape index (κ2) is 8.55. The number of nitrogen functional groups attached to an aromatic ring is 1. The fourth-order valence-corrected chi connectivity index (χ4v) is 3.60. The van der Waals surface area contributed by atoms with Gasteiger partial charge in [0.05, 0.1) is 7.11 Å². The van der Waals surface area contributed by atoms with Gasteiger partial charge in [0, 0.05) is 11.1 Å². The first-order valence-corrected chi connectivity index (χ1v) is 9.70. The molecule has 0 atom stereocenters. The number of rotatable bonds is 5. The minimum absolute atomic E-state index is 0.0349. The van der Waals surface area contributed by atoms with Crippen molar-refractivity contribution in [3.8, 4) is 34.8 Å². The van der Waals surface area contributed by atoms with E-state index in [-0.39, 0.29) is 29.1 Å². The molecule has 0 aliphatic heterocycles. The SMILES string of the molecule is COc1ccc(-c2c(C#N)c(N)[nH]c(=O)c2C#N)cc1COc1ccc2ccccc2c1. The van der Waals surface area contributed by atoms with Crippen LogP contribution >= 0.6 is 0 Å². The number of pyridine rings is 1. The van der Waals surface area contributed by atoms with Crippen LogP contribution in [0.25, 0.3) is 21.9 Å². The van der Waals surface area contributed by atoms with Gasteiger partial charge >= 0.3 is 0 Å². The van der Waals surface area contributed by atoms with E-state index in [4.69, 9.17) is 15.2 Å². The van der Waals surface area contributed by atoms with E-state index in [1.807, 2.05) is 54.6 Å². The van der Waals surface area contributed by atoms with E-state index in [1.165, 1.54) is 0 Å². The lowest BCUT2D eigenvalue weighted by Gasteiger charge is -2.14. The maximum atomic E-state index is 12.2. The number of nitrogens with zero attached hydrogens (tertiary/aromatic N) is 2. The first kappa shape index (κ1) is 20.5. The van der Waals surface area contributed by atoms with Crippen molar-refractivity contribution in [1.82, 2.24) is 4.98 Å². The first-order valence-electron chi connectivity index (χ1n) is 9.70. The number of hydrogen-bond donors (Lipinski definition) is 2. The summed E-state index contributed by atoms with van der Waals surface area (Å²) in [6, 6.07) is 22.8. The standard InChI is InChI=1S/C25H18N4O3/c1-31-22-9-7-17(23-20(12-26)24(28)29-25(30)21(23)13-27)10-18(22)14-32-19-8-6-15-4-2-3-5-16(15)11-19/h2-11H,14H2,1H3,(H3,28,29,30). The number of aromatic amines is 1. The van der Waals surface area contributed by atoms with Crippen molar-refractivity contribution in [3.63, 3.8) is 0 Å². The number of fused-ring (bicyclic) bond motifs is 1. The lowest BCUT2D eigenvalue weighted by molar-refractivity contribution is 0.297. The van der Waals surface area contributed by atoms with Crippen LogP contribution in [0.3, 0.4) is 0 Å². The molecule has 0 radical (unpaired) electrons. The van der Waals surface area contributed by atoms with Crippen molar-refractivity contribution in [1.29, 1.82) is 10.5 Å². The summed E-state index contributed by atoms with van der Waals surface area (Å²) < 4.78 is 11.4. The number of H-pyrrole nitrogens is 1. The van der Waals surface area contributed by atoms with Crippen LogP contribution in [-0.4, -0.2) is 12.1 Å². The Hall–Kier alpha value is -4.75. The third kappa shape index (κ3) is 3.71. The summed E-state index contributed by atoms with van der Waals surface area (Å²) in [6.45, 7) is 0.178. The van der Waals surface area contributed by atoms with Crippen molar-refractivity contribution in [3.05, 3.63) is 87.7 Å². The highest BCUT2D eigenvalue weighted by Crippen LogP contribution is 2.32. The molecule has 1 aromatic heterocycles. The molecule has 7 heteroatoms. The number of nitrogens with one attached hydrogen (secondary N) is 1. The number of anilines is 1. The van der Waals surface area contributed by atoms with Gasteiger partial charge in [-0.25, -0.2) is 0 Å². The van der Waals surface area contributed by atoms with Crippen LogP contribution in [0.15, 0.2) is 65.5 Å². The molecule has 0 aliphatic carbocycles. The van der Waals surface area contributed by atoms with Crippen molar-refractivity contribution in [2.24, 2.45) is 0 Å². The van der Waals surface area contributed by atoms with Crippen LogP contribution in [0, 0.1) is 22.7 Å². The topological polar surface area (TPSA) is 125 Å². The molecule has 0 fully saturated rings. The van der Waals surface area contributed by atoms with E-state index >= 15 is 0 Å². The minimum atomic E-state index is -0.649. The average Bonchev–Trinajstić information content (AvgIpc) is 2.82. The number of ether oxygens (including phenoxy) is 2. The molecule has 1 heterocycles. The summed E-state index contributed by atoms with van der Waals surface area (Å²) in [4.78, 5) is 14.6. The minimum Gasteiger partial charge on any atom is -0.496 e. The van der Waals surface area contributed by atoms with Gasteiger partial charge in [-0.05, 0) is 40.6 Å². The van der Waals surface area contributed by atoms with Crippen LogP contribution < -0.4 is 20.8 Å². The summed E-state index contributed by atoms with van der Waals surface area (Å²) in [7, 11) is 1.54. The van der Waals surface area contributed by atoms with Gasteiger partial charge in [0.1, 0.15) is 47.2 Å². The Labute approximate surface area is 183 Å². The molecule has 3 N–H and O–H groups in total. The average molecular weight is 422 g/mol. The van der Waals surface area contributed by atoms with Crippen molar-refractivity contribution in [2.45, 2.75) is 6.61 Å². The van der Waals surface area contributed by atoms with Crippen molar-refractivity contribution in [2.75, 3.05) is 12.8 Å². The van der Waals surface area contributed by atoms with Gasteiger partial charge in [-0.1, -0.05) is 36.4 Å². The maximum Gasteiger partial charge on any atom is 0.268 e. The largest absolute Gasteiger partial charge is 0.496 e. The summed E-state index contributed by atoms with van der Waals surface area (Å²) in [5, 5.41) is 21.2. The van der Waals surface area contributed by atoms with E-state index < -0.39 is 5.56 Å². The second-order valence-corrected chi connectivity index (χ2v) is 7.04. The van der Waals surface area contributed by atoms with Crippen LogP contribution in [0.1, 0.15) is 16.7 Å². The third-order valence-corrected chi connectivity index (χ3v) is 5.15. The zero-order valence-electron chi connectivity index (χ0n) is 17.2. The van der Waals surface area contributed by atoms with Gasteiger partial charge in [-0.3, -0.25) is 4.79 Å². The Bertz CT molecular complexity index is 1480. The van der Waals surface area contributed by atoms with E-state index in [2.05, 4.69) is 4.98 Å². The molecule has 32 heavy (non-hydrogen) atoms. The van der Waals surface area contributed by atoms with Crippen LogP contribution in [0.4, 0.5) is 5.82 Å². The molecule has 0 amide bonds. The Kier molecular flexibility index (Phi) is 5.48. The number of hydrogen-bond acceptors (Lipinski definition) is 6. The van der Waals surface area contributed by atoms with E-state index in [1.54, 1.807) is 25.3 Å². The molecule has 7 nitrogen and oxygen atoms in total. The normalized spacial score (nSPS) is 10.3. The van der Waals surface area contributed by atoms with Gasteiger partial charge in [0.25, 0.3) is 5.56 Å². The predicted molar refractivity (Wildman–Crippen MR) is 121 cm³/mol.